The van der Waals surface area contributed by atoms with Crippen molar-refractivity contribution in [3.8, 4) is 11.3 Å². The van der Waals surface area contributed by atoms with Gasteiger partial charge in [0.1, 0.15) is 0 Å². The Balaban J connectivity index is 2.23. The molecule has 3 rings (SSSR count). The molecule has 1 aromatic heterocycles. The van der Waals surface area contributed by atoms with Crippen LogP contribution in [0.25, 0.3) is 22.2 Å². The third-order valence-electron chi connectivity index (χ3n) is 3.88. The Labute approximate surface area is 107 Å². The summed E-state index contributed by atoms with van der Waals surface area (Å²) in [6, 6.07) is 15.0. The lowest BCUT2D eigenvalue weighted by molar-refractivity contribution is 1.26. The van der Waals surface area contributed by atoms with Gasteiger partial charge in [0.15, 0.2) is 0 Å². The van der Waals surface area contributed by atoms with Gasteiger partial charge in [-0.2, -0.15) is 0 Å². The van der Waals surface area contributed by atoms with E-state index in [1.807, 2.05) is 0 Å². The monoisotopic (exact) mass is 235 g/mol. The first-order valence-corrected chi connectivity index (χ1v) is 6.32. The summed E-state index contributed by atoms with van der Waals surface area (Å²) < 4.78 is 0. The number of H-pyrrole nitrogens is 1. The van der Waals surface area contributed by atoms with Gasteiger partial charge in [-0.15, -0.1) is 0 Å². The number of benzene rings is 2. The van der Waals surface area contributed by atoms with Crippen molar-refractivity contribution in [2.45, 2.75) is 20.8 Å². The standard InChI is InChI=1S/C17H17N/c1-11-8-9-15(13(3)12(11)2)17-10-14-6-4-5-7-16(14)18-17/h4-10,18H,1-3H3. The van der Waals surface area contributed by atoms with Crippen molar-refractivity contribution >= 4 is 10.9 Å². The zero-order chi connectivity index (χ0) is 12.7. The summed E-state index contributed by atoms with van der Waals surface area (Å²) in [5.41, 5.74) is 7.80. The highest BCUT2D eigenvalue weighted by Crippen LogP contribution is 2.29. The van der Waals surface area contributed by atoms with Crippen molar-refractivity contribution in [3.63, 3.8) is 0 Å². The Kier molecular flexibility index (Phi) is 2.48. The molecular formula is C17H17N. The van der Waals surface area contributed by atoms with Crippen molar-refractivity contribution in [3.05, 3.63) is 59.2 Å². The molecule has 1 heteroatoms. The van der Waals surface area contributed by atoms with E-state index in [0.717, 1.165) is 0 Å². The minimum absolute atomic E-state index is 1.20. The molecule has 0 spiro atoms. The van der Waals surface area contributed by atoms with E-state index < -0.39 is 0 Å². The van der Waals surface area contributed by atoms with Gasteiger partial charge in [-0.05, 0) is 49.6 Å². The van der Waals surface area contributed by atoms with Gasteiger partial charge in [-0.25, -0.2) is 0 Å². The number of hydrogen-bond acceptors (Lipinski definition) is 0. The molecule has 0 fully saturated rings. The summed E-state index contributed by atoms with van der Waals surface area (Å²) >= 11 is 0. The molecule has 1 nitrogen and oxygen atoms in total. The molecule has 0 aliphatic rings. The van der Waals surface area contributed by atoms with Crippen LogP contribution in [0.1, 0.15) is 16.7 Å². The average Bonchev–Trinajstić information content (AvgIpc) is 2.79. The third-order valence-corrected chi connectivity index (χ3v) is 3.88. The van der Waals surface area contributed by atoms with Crippen LogP contribution in [0.3, 0.4) is 0 Å². The summed E-state index contributed by atoms with van der Waals surface area (Å²) in [5, 5.41) is 1.27. The van der Waals surface area contributed by atoms with Crippen LogP contribution in [0.2, 0.25) is 0 Å². The molecule has 18 heavy (non-hydrogen) atoms. The number of aromatic amines is 1. The van der Waals surface area contributed by atoms with E-state index in [1.54, 1.807) is 0 Å². The fourth-order valence-electron chi connectivity index (χ4n) is 2.47. The zero-order valence-electron chi connectivity index (χ0n) is 11.0. The maximum absolute atomic E-state index is 3.50. The van der Waals surface area contributed by atoms with Gasteiger partial charge >= 0.3 is 0 Å². The molecule has 3 aromatic rings. The van der Waals surface area contributed by atoms with Crippen LogP contribution in [0.5, 0.6) is 0 Å². The molecule has 1 N–H and O–H groups in total. The molecule has 90 valence electrons. The number of hydrogen-bond donors (Lipinski definition) is 1. The second-order valence-corrected chi connectivity index (χ2v) is 4.95. The van der Waals surface area contributed by atoms with Crippen molar-refractivity contribution in [2.24, 2.45) is 0 Å². The summed E-state index contributed by atoms with van der Waals surface area (Å²) in [6.45, 7) is 6.55. The summed E-state index contributed by atoms with van der Waals surface area (Å²) in [7, 11) is 0. The number of aromatic nitrogens is 1. The lowest BCUT2D eigenvalue weighted by atomic mass is 9.97. The van der Waals surface area contributed by atoms with E-state index in [2.05, 4.69) is 68.2 Å². The largest absolute Gasteiger partial charge is 0.355 e. The minimum atomic E-state index is 1.20. The van der Waals surface area contributed by atoms with E-state index in [-0.39, 0.29) is 0 Å². The fraction of sp³-hybridized carbons (Fsp3) is 0.176. The van der Waals surface area contributed by atoms with Crippen LogP contribution in [0.4, 0.5) is 0 Å². The highest BCUT2D eigenvalue weighted by molar-refractivity contribution is 5.86. The summed E-state index contributed by atoms with van der Waals surface area (Å²) in [5.74, 6) is 0. The van der Waals surface area contributed by atoms with Gasteiger partial charge in [-0.3, -0.25) is 0 Å². The first-order valence-electron chi connectivity index (χ1n) is 6.32. The number of fused-ring (bicyclic) bond motifs is 1. The Morgan fingerprint density at radius 2 is 1.61 bits per heavy atom. The van der Waals surface area contributed by atoms with E-state index in [1.165, 1.54) is 38.9 Å². The summed E-state index contributed by atoms with van der Waals surface area (Å²) in [6.07, 6.45) is 0. The van der Waals surface area contributed by atoms with Crippen LogP contribution >= 0.6 is 0 Å². The molecule has 0 atom stereocenters. The van der Waals surface area contributed by atoms with Crippen LogP contribution in [-0.2, 0) is 0 Å². The Bertz CT molecular complexity index is 687. The fourth-order valence-corrected chi connectivity index (χ4v) is 2.47. The smallest absolute Gasteiger partial charge is 0.0467 e. The van der Waals surface area contributed by atoms with Gasteiger partial charge in [0.2, 0.25) is 0 Å². The van der Waals surface area contributed by atoms with Crippen molar-refractivity contribution in [1.29, 1.82) is 0 Å². The number of aryl methyl sites for hydroxylation is 1. The molecule has 2 aromatic carbocycles. The Morgan fingerprint density at radius 1 is 0.833 bits per heavy atom. The second kappa shape index (κ2) is 4.02. The van der Waals surface area contributed by atoms with Crippen molar-refractivity contribution in [2.75, 3.05) is 0 Å². The number of rotatable bonds is 1. The van der Waals surface area contributed by atoms with Gasteiger partial charge in [0.25, 0.3) is 0 Å². The minimum Gasteiger partial charge on any atom is -0.355 e. The lowest BCUT2D eigenvalue weighted by Gasteiger charge is -2.09. The van der Waals surface area contributed by atoms with Crippen LogP contribution in [0, 0.1) is 20.8 Å². The van der Waals surface area contributed by atoms with Gasteiger partial charge in [0.05, 0.1) is 0 Å². The van der Waals surface area contributed by atoms with Crippen molar-refractivity contribution in [1.82, 2.24) is 4.98 Å². The molecule has 1 heterocycles. The zero-order valence-corrected chi connectivity index (χ0v) is 11.0. The predicted molar refractivity (Wildman–Crippen MR) is 77.9 cm³/mol. The molecule has 0 saturated heterocycles. The SMILES string of the molecule is Cc1ccc(-c2cc3ccccc3[nH]2)c(C)c1C. The molecule has 0 aliphatic heterocycles. The Hall–Kier alpha value is -2.02. The van der Waals surface area contributed by atoms with Crippen LogP contribution < -0.4 is 0 Å². The molecule has 0 unspecified atom stereocenters. The van der Waals surface area contributed by atoms with E-state index >= 15 is 0 Å². The third kappa shape index (κ3) is 1.63. The average molecular weight is 235 g/mol. The molecule has 0 radical (unpaired) electrons. The summed E-state index contributed by atoms with van der Waals surface area (Å²) in [4.78, 5) is 3.50. The molecular weight excluding hydrogens is 218 g/mol. The number of nitrogens with one attached hydrogen (secondary N) is 1. The van der Waals surface area contributed by atoms with E-state index in [0.29, 0.717) is 0 Å². The van der Waals surface area contributed by atoms with Gasteiger partial charge in [-0.1, -0.05) is 30.3 Å². The highest BCUT2D eigenvalue weighted by atomic mass is 14.7. The van der Waals surface area contributed by atoms with Gasteiger partial charge in [0, 0.05) is 22.2 Å². The lowest BCUT2D eigenvalue weighted by Crippen LogP contribution is -1.90. The molecule has 0 bridgehead atoms. The highest BCUT2D eigenvalue weighted by Gasteiger charge is 2.08. The van der Waals surface area contributed by atoms with E-state index in [9.17, 15) is 0 Å². The van der Waals surface area contributed by atoms with Gasteiger partial charge < -0.3 is 4.98 Å². The van der Waals surface area contributed by atoms with Crippen LogP contribution in [-0.4, -0.2) is 4.98 Å². The normalized spacial score (nSPS) is 11.1. The molecule has 0 saturated carbocycles. The van der Waals surface area contributed by atoms with E-state index in [4.69, 9.17) is 0 Å². The quantitative estimate of drug-likeness (QED) is 0.626. The maximum atomic E-state index is 3.50. The van der Waals surface area contributed by atoms with Crippen LogP contribution in [0.15, 0.2) is 42.5 Å². The predicted octanol–water partition coefficient (Wildman–Crippen LogP) is 4.76. The molecule has 0 amide bonds. The second-order valence-electron chi connectivity index (χ2n) is 4.95. The van der Waals surface area contributed by atoms with Crippen molar-refractivity contribution < 1.29 is 0 Å². The topological polar surface area (TPSA) is 15.8 Å². The maximum Gasteiger partial charge on any atom is 0.0467 e. The first-order chi connectivity index (χ1) is 8.66. The Morgan fingerprint density at radius 3 is 2.39 bits per heavy atom. The molecule has 0 aliphatic carbocycles. The first kappa shape index (κ1) is 11.1. The number of para-hydroxylation sites is 1.